The molecule has 3 rings (SSSR count). The molecule has 0 radical (unpaired) electrons. The van der Waals surface area contributed by atoms with Crippen molar-refractivity contribution in [2.24, 2.45) is 4.99 Å². The third-order valence-electron chi connectivity index (χ3n) is 5.31. The van der Waals surface area contributed by atoms with Crippen LogP contribution in [0.1, 0.15) is 25.0 Å². The zero-order valence-corrected chi connectivity index (χ0v) is 20.8. The van der Waals surface area contributed by atoms with Gasteiger partial charge in [0, 0.05) is 45.5 Å². The molecule has 0 aliphatic carbocycles. The van der Waals surface area contributed by atoms with Crippen LogP contribution in [0, 0.1) is 5.82 Å². The number of benzene rings is 1. The highest BCUT2D eigenvalue weighted by molar-refractivity contribution is 14.0. The minimum atomic E-state index is -0.198. The van der Waals surface area contributed by atoms with Gasteiger partial charge in [-0.15, -0.1) is 24.0 Å². The fraction of sp³-hybridized carbons (Fsp3) is 0.478. The number of rotatable bonds is 8. The molecule has 1 aromatic heterocycles. The molecule has 0 amide bonds. The van der Waals surface area contributed by atoms with Gasteiger partial charge in [-0.1, -0.05) is 25.1 Å². The van der Waals surface area contributed by atoms with Crippen molar-refractivity contribution in [1.29, 1.82) is 0 Å². The number of hydrogen-bond donors (Lipinski definition) is 2. The fourth-order valence-corrected chi connectivity index (χ4v) is 3.52. The van der Waals surface area contributed by atoms with E-state index in [2.05, 4.69) is 49.5 Å². The molecule has 0 saturated carbocycles. The Balaban J connectivity index is 0.00000341. The van der Waals surface area contributed by atoms with Crippen LogP contribution in [0.5, 0.6) is 0 Å². The number of pyridine rings is 1. The summed E-state index contributed by atoms with van der Waals surface area (Å²) in [6.45, 7) is 11.6. The number of guanidine groups is 1. The van der Waals surface area contributed by atoms with Crippen LogP contribution in [0.15, 0.2) is 47.6 Å². The first-order chi connectivity index (χ1) is 14.7. The first-order valence-electron chi connectivity index (χ1n) is 10.9. The average molecular weight is 540 g/mol. The van der Waals surface area contributed by atoms with Gasteiger partial charge < -0.3 is 20.4 Å². The molecule has 1 aliphatic heterocycles. The molecule has 0 atom stereocenters. The highest BCUT2D eigenvalue weighted by atomic mass is 127. The van der Waals surface area contributed by atoms with E-state index in [4.69, 9.17) is 0 Å². The maximum Gasteiger partial charge on any atom is 0.191 e. The topological polar surface area (TPSA) is 55.8 Å². The third-order valence-corrected chi connectivity index (χ3v) is 5.31. The Labute approximate surface area is 202 Å². The summed E-state index contributed by atoms with van der Waals surface area (Å²) >= 11 is 0. The summed E-state index contributed by atoms with van der Waals surface area (Å²) in [6.07, 6.45) is 2.66. The van der Waals surface area contributed by atoms with Crippen molar-refractivity contribution in [3.05, 3.63) is 59.5 Å². The fourth-order valence-electron chi connectivity index (χ4n) is 3.52. The van der Waals surface area contributed by atoms with Crippen molar-refractivity contribution in [3.8, 4) is 0 Å². The summed E-state index contributed by atoms with van der Waals surface area (Å²) in [4.78, 5) is 14.1. The summed E-state index contributed by atoms with van der Waals surface area (Å²) < 4.78 is 13.3. The number of halogens is 2. The van der Waals surface area contributed by atoms with Gasteiger partial charge in [0.15, 0.2) is 5.96 Å². The first-order valence-corrected chi connectivity index (χ1v) is 10.9. The van der Waals surface area contributed by atoms with E-state index in [1.165, 1.54) is 6.07 Å². The Morgan fingerprint density at radius 1 is 1.06 bits per heavy atom. The maximum absolute atomic E-state index is 13.3. The molecule has 2 N–H and O–H groups in total. The Kier molecular flexibility index (Phi) is 11.0. The van der Waals surface area contributed by atoms with Crippen LogP contribution < -0.4 is 15.5 Å². The molecule has 1 aromatic carbocycles. The molecule has 31 heavy (non-hydrogen) atoms. The molecule has 0 spiro atoms. The van der Waals surface area contributed by atoms with Crippen molar-refractivity contribution in [3.63, 3.8) is 0 Å². The molecular formula is C23H34FIN6. The Morgan fingerprint density at radius 2 is 1.87 bits per heavy atom. The second-order valence-corrected chi connectivity index (χ2v) is 7.45. The number of nitrogens with zero attached hydrogens (tertiary/aromatic N) is 4. The minimum Gasteiger partial charge on any atom is -0.357 e. The Bertz CT molecular complexity index is 806. The van der Waals surface area contributed by atoms with Gasteiger partial charge in [0.1, 0.15) is 11.6 Å². The number of aliphatic imine (C=N–C) groups is 1. The molecule has 8 heteroatoms. The predicted molar refractivity (Wildman–Crippen MR) is 137 cm³/mol. The van der Waals surface area contributed by atoms with E-state index >= 15 is 0 Å². The van der Waals surface area contributed by atoms with E-state index in [9.17, 15) is 4.39 Å². The predicted octanol–water partition coefficient (Wildman–Crippen LogP) is 3.28. The van der Waals surface area contributed by atoms with E-state index in [1.54, 1.807) is 12.1 Å². The van der Waals surface area contributed by atoms with Gasteiger partial charge in [0.05, 0.1) is 6.54 Å². The van der Waals surface area contributed by atoms with Crippen molar-refractivity contribution in [2.75, 3.05) is 50.7 Å². The Hall–Kier alpha value is -1.94. The van der Waals surface area contributed by atoms with Crippen LogP contribution in [0.3, 0.4) is 0 Å². The smallest absolute Gasteiger partial charge is 0.191 e. The standard InChI is InChI=1S/C23H33FN6.HI/c1-3-25-23(26-11-10-19-6-5-7-21(24)16-19)28-18-20-8-9-22(27-17-20)30-14-12-29(4-2)13-15-30;/h5-9,16-17H,3-4,10-15,18H2,1-2H3,(H2,25,26,28);1H. The molecule has 2 aromatic rings. The van der Waals surface area contributed by atoms with E-state index in [-0.39, 0.29) is 29.8 Å². The summed E-state index contributed by atoms with van der Waals surface area (Å²) in [5.41, 5.74) is 2.05. The van der Waals surface area contributed by atoms with Gasteiger partial charge in [0.25, 0.3) is 0 Å². The number of nitrogens with one attached hydrogen (secondary N) is 2. The lowest BCUT2D eigenvalue weighted by atomic mass is 10.1. The van der Waals surface area contributed by atoms with E-state index < -0.39 is 0 Å². The summed E-state index contributed by atoms with van der Waals surface area (Å²) in [7, 11) is 0. The zero-order valence-electron chi connectivity index (χ0n) is 18.5. The molecule has 1 aliphatic rings. The van der Waals surface area contributed by atoms with Crippen LogP contribution >= 0.6 is 24.0 Å². The highest BCUT2D eigenvalue weighted by Gasteiger charge is 2.16. The highest BCUT2D eigenvalue weighted by Crippen LogP contribution is 2.14. The van der Waals surface area contributed by atoms with Crippen LogP contribution in [0.25, 0.3) is 0 Å². The molecule has 2 heterocycles. The van der Waals surface area contributed by atoms with Gasteiger partial charge >= 0.3 is 0 Å². The first kappa shape index (κ1) is 25.3. The summed E-state index contributed by atoms with van der Waals surface area (Å²) in [5.74, 6) is 1.60. The lowest BCUT2D eigenvalue weighted by molar-refractivity contribution is 0.270. The number of aromatic nitrogens is 1. The molecule has 170 valence electrons. The number of piperazine rings is 1. The molecule has 0 bridgehead atoms. The van der Waals surface area contributed by atoms with Gasteiger partial charge in [-0.3, -0.25) is 0 Å². The van der Waals surface area contributed by atoms with Crippen LogP contribution in [-0.2, 0) is 13.0 Å². The second kappa shape index (κ2) is 13.5. The monoisotopic (exact) mass is 540 g/mol. The number of hydrogen-bond acceptors (Lipinski definition) is 4. The second-order valence-electron chi connectivity index (χ2n) is 7.45. The molecule has 6 nitrogen and oxygen atoms in total. The van der Waals surface area contributed by atoms with Crippen LogP contribution in [0.4, 0.5) is 10.2 Å². The lowest BCUT2D eigenvalue weighted by Gasteiger charge is -2.34. The van der Waals surface area contributed by atoms with Gasteiger partial charge in [-0.05, 0) is 49.2 Å². The normalized spacial score (nSPS) is 14.8. The lowest BCUT2D eigenvalue weighted by Crippen LogP contribution is -2.46. The van der Waals surface area contributed by atoms with Crippen molar-refractivity contribution in [1.82, 2.24) is 20.5 Å². The zero-order chi connectivity index (χ0) is 21.2. The van der Waals surface area contributed by atoms with Crippen molar-refractivity contribution < 1.29 is 4.39 Å². The number of likely N-dealkylation sites (N-methyl/N-ethyl adjacent to an activating group) is 1. The van der Waals surface area contributed by atoms with Gasteiger partial charge in [-0.2, -0.15) is 0 Å². The molecular weight excluding hydrogens is 506 g/mol. The van der Waals surface area contributed by atoms with Crippen molar-refractivity contribution in [2.45, 2.75) is 26.8 Å². The van der Waals surface area contributed by atoms with Crippen molar-refractivity contribution >= 4 is 35.8 Å². The largest absolute Gasteiger partial charge is 0.357 e. The maximum atomic E-state index is 13.3. The average Bonchev–Trinajstić information content (AvgIpc) is 2.78. The quantitative estimate of drug-likeness (QED) is 0.306. The van der Waals surface area contributed by atoms with Gasteiger partial charge in [-0.25, -0.2) is 14.4 Å². The van der Waals surface area contributed by atoms with E-state index in [0.29, 0.717) is 13.1 Å². The summed E-state index contributed by atoms with van der Waals surface area (Å²) in [5, 5.41) is 6.57. The molecule has 1 saturated heterocycles. The SMILES string of the molecule is CCNC(=NCc1ccc(N2CCN(CC)CC2)nc1)NCCc1cccc(F)c1.I. The third kappa shape index (κ3) is 8.25. The van der Waals surface area contributed by atoms with E-state index in [1.807, 2.05) is 19.2 Å². The van der Waals surface area contributed by atoms with E-state index in [0.717, 1.165) is 68.6 Å². The molecule has 0 unspecified atom stereocenters. The Morgan fingerprint density at radius 3 is 2.52 bits per heavy atom. The van der Waals surface area contributed by atoms with Gasteiger partial charge in [0.2, 0.25) is 0 Å². The minimum absolute atomic E-state index is 0. The number of anilines is 1. The summed E-state index contributed by atoms with van der Waals surface area (Å²) in [6, 6.07) is 10.9. The van der Waals surface area contributed by atoms with Crippen LogP contribution in [-0.4, -0.2) is 61.7 Å². The van der Waals surface area contributed by atoms with Crippen LogP contribution in [0.2, 0.25) is 0 Å². The molecule has 1 fully saturated rings.